The van der Waals surface area contributed by atoms with Gasteiger partial charge in [-0.1, -0.05) is 55.6 Å². The van der Waals surface area contributed by atoms with Crippen LogP contribution in [-0.4, -0.2) is 14.6 Å². The summed E-state index contributed by atoms with van der Waals surface area (Å²) in [6.45, 7) is 0.360. The van der Waals surface area contributed by atoms with Crippen molar-refractivity contribution in [3.63, 3.8) is 0 Å². The molecule has 3 aromatic carbocycles. The molecule has 0 aliphatic carbocycles. The molecule has 0 aliphatic heterocycles. The van der Waals surface area contributed by atoms with Crippen molar-refractivity contribution in [2.75, 3.05) is 0 Å². The first-order valence-electron chi connectivity index (χ1n) is 8.31. The van der Waals surface area contributed by atoms with Gasteiger partial charge in [-0.2, -0.15) is 13.5 Å². The van der Waals surface area contributed by atoms with Gasteiger partial charge < -0.3 is 4.74 Å². The number of ether oxygens (including phenoxy) is 1. The summed E-state index contributed by atoms with van der Waals surface area (Å²) in [5.41, 5.74) is 1.61. The van der Waals surface area contributed by atoms with Gasteiger partial charge in [-0.15, -0.1) is 0 Å². The second-order valence-electron chi connectivity index (χ2n) is 5.91. The van der Waals surface area contributed by atoms with Crippen molar-refractivity contribution in [2.45, 2.75) is 11.5 Å². The van der Waals surface area contributed by atoms with Crippen LogP contribution in [0.2, 0.25) is 5.02 Å². The van der Waals surface area contributed by atoms with E-state index in [2.05, 4.69) is 41.8 Å². The van der Waals surface area contributed by atoms with Gasteiger partial charge in [-0.25, -0.2) is 4.83 Å². The quantitative estimate of drug-likeness (QED) is 0.296. The molecular formula is C20H15Br2ClN2O3S. The molecule has 0 aromatic heterocycles. The number of benzene rings is 3. The predicted octanol–water partition coefficient (Wildman–Crippen LogP) is 5.76. The number of hydrogen-bond acceptors (Lipinski definition) is 4. The molecule has 29 heavy (non-hydrogen) atoms. The number of hydrazone groups is 1. The molecule has 0 radical (unpaired) electrons. The van der Waals surface area contributed by atoms with E-state index in [4.69, 9.17) is 16.3 Å². The zero-order valence-corrected chi connectivity index (χ0v) is 19.6. The first-order chi connectivity index (χ1) is 13.8. The first-order valence-corrected chi connectivity index (χ1v) is 11.8. The van der Waals surface area contributed by atoms with Crippen LogP contribution in [0.4, 0.5) is 0 Å². The number of sulfonamides is 1. The van der Waals surface area contributed by atoms with E-state index in [9.17, 15) is 8.42 Å². The topological polar surface area (TPSA) is 67.8 Å². The molecule has 0 amide bonds. The third kappa shape index (κ3) is 6.30. The summed E-state index contributed by atoms with van der Waals surface area (Å²) in [6.07, 6.45) is 1.40. The van der Waals surface area contributed by atoms with E-state index in [0.29, 0.717) is 22.9 Å². The molecule has 0 bridgehead atoms. The Kier molecular flexibility index (Phi) is 7.34. The first kappa shape index (κ1) is 21.8. The molecule has 5 nitrogen and oxygen atoms in total. The highest BCUT2D eigenvalue weighted by Gasteiger charge is 2.12. The normalized spacial score (nSPS) is 11.6. The second kappa shape index (κ2) is 9.75. The van der Waals surface area contributed by atoms with Crippen LogP contribution in [0.3, 0.4) is 0 Å². The molecule has 150 valence electrons. The lowest BCUT2D eigenvalue weighted by Crippen LogP contribution is -2.18. The summed E-state index contributed by atoms with van der Waals surface area (Å²) >= 11 is 12.6. The van der Waals surface area contributed by atoms with E-state index in [1.54, 1.807) is 12.1 Å². The molecular weight excluding hydrogens is 544 g/mol. The van der Waals surface area contributed by atoms with Gasteiger partial charge in [-0.3, -0.25) is 0 Å². The monoisotopic (exact) mass is 556 g/mol. The van der Waals surface area contributed by atoms with Crippen molar-refractivity contribution in [1.29, 1.82) is 0 Å². The van der Waals surface area contributed by atoms with Crippen molar-refractivity contribution >= 4 is 59.7 Å². The second-order valence-corrected chi connectivity index (χ2v) is 9.84. The maximum atomic E-state index is 12.3. The van der Waals surface area contributed by atoms with Gasteiger partial charge in [0.2, 0.25) is 0 Å². The van der Waals surface area contributed by atoms with Crippen LogP contribution in [0.15, 0.2) is 85.7 Å². The van der Waals surface area contributed by atoms with Crippen LogP contribution >= 0.6 is 43.5 Å². The fourth-order valence-corrected chi connectivity index (χ4v) is 4.11. The number of hydrogen-bond donors (Lipinski definition) is 1. The zero-order valence-electron chi connectivity index (χ0n) is 14.8. The average Bonchev–Trinajstić information content (AvgIpc) is 2.68. The van der Waals surface area contributed by atoms with Crippen molar-refractivity contribution in [2.24, 2.45) is 5.10 Å². The Morgan fingerprint density at radius 3 is 2.45 bits per heavy atom. The smallest absolute Gasteiger partial charge is 0.276 e. The molecule has 9 heteroatoms. The van der Waals surface area contributed by atoms with Crippen LogP contribution in [-0.2, 0) is 16.6 Å². The van der Waals surface area contributed by atoms with Crippen LogP contribution in [0.5, 0.6) is 5.75 Å². The molecule has 0 atom stereocenters. The summed E-state index contributed by atoms with van der Waals surface area (Å²) in [4.78, 5) is 2.26. The highest BCUT2D eigenvalue weighted by molar-refractivity contribution is 9.10. The van der Waals surface area contributed by atoms with Gasteiger partial charge in [0.25, 0.3) is 10.0 Å². The number of nitrogens with zero attached hydrogens (tertiary/aromatic N) is 1. The molecule has 1 N–H and O–H groups in total. The summed E-state index contributed by atoms with van der Waals surface area (Å²) in [7, 11) is -3.79. The molecule has 3 aromatic rings. The van der Waals surface area contributed by atoms with E-state index in [0.717, 1.165) is 14.5 Å². The highest BCUT2D eigenvalue weighted by Crippen LogP contribution is 2.23. The number of halogens is 3. The molecule has 3 rings (SSSR count). The van der Waals surface area contributed by atoms with E-state index >= 15 is 0 Å². The van der Waals surface area contributed by atoms with Crippen LogP contribution in [0, 0.1) is 0 Å². The molecule has 0 heterocycles. The lowest BCUT2D eigenvalue weighted by atomic mass is 10.2. The third-order valence-electron chi connectivity index (χ3n) is 3.76. The van der Waals surface area contributed by atoms with Gasteiger partial charge in [-0.05, 0) is 60.2 Å². The standard InChI is InChI=1S/C20H15Br2ClN2O3S/c21-16-3-1-2-14(10-16)13-28-20-9-4-17(22)11-15(20)12-24-25-29(26,27)19-7-5-18(23)6-8-19/h1-12,25H,13H2/b24-12+. The predicted molar refractivity (Wildman–Crippen MR) is 122 cm³/mol. The van der Waals surface area contributed by atoms with E-state index in [-0.39, 0.29) is 4.90 Å². The lowest BCUT2D eigenvalue weighted by molar-refractivity contribution is 0.305. The van der Waals surface area contributed by atoms with E-state index in [1.807, 2.05) is 30.3 Å². The summed E-state index contributed by atoms with van der Waals surface area (Å²) in [5.74, 6) is 0.572. The minimum Gasteiger partial charge on any atom is -0.488 e. The molecule has 0 saturated carbocycles. The Morgan fingerprint density at radius 1 is 1.00 bits per heavy atom. The highest BCUT2D eigenvalue weighted by atomic mass is 79.9. The van der Waals surface area contributed by atoms with Crippen molar-refractivity contribution < 1.29 is 13.2 Å². The number of rotatable bonds is 7. The van der Waals surface area contributed by atoms with Crippen molar-refractivity contribution in [3.05, 3.63) is 91.8 Å². The van der Waals surface area contributed by atoms with Crippen molar-refractivity contribution in [1.82, 2.24) is 4.83 Å². The lowest BCUT2D eigenvalue weighted by Gasteiger charge is -2.10. The molecule has 0 spiro atoms. The summed E-state index contributed by atoms with van der Waals surface area (Å²) < 4.78 is 32.3. The fraction of sp³-hybridized carbons (Fsp3) is 0.0500. The molecule has 0 saturated heterocycles. The SMILES string of the molecule is O=S(=O)(N/N=C/c1cc(Br)ccc1OCc1cccc(Br)c1)c1ccc(Cl)cc1. The van der Waals surface area contributed by atoms with Crippen molar-refractivity contribution in [3.8, 4) is 5.75 Å². The minimum atomic E-state index is -3.79. The molecule has 0 fully saturated rings. The van der Waals surface area contributed by atoms with Gasteiger partial charge in [0.05, 0.1) is 11.1 Å². The molecule has 0 aliphatic rings. The van der Waals surface area contributed by atoms with E-state index in [1.165, 1.54) is 30.5 Å². The Morgan fingerprint density at radius 2 is 1.72 bits per heavy atom. The van der Waals surface area contributed by atoms with Crippen LogP contribution < -0.4 is 9.57 Å². The van der Waals surface area contributed by atoms with Gasteiger partial charge in [0.1, 0.15) is 12.4 Å². The van der Waals surface area contributed by atoms with Crippen LogP contribution in [0.1, 0.15) is 11.1 Å². The number of nitrogens with one attached hydrogen (secondary N) is 1. The Hall–Kier alpha value is -1.87. The fourth-order valence-electron chi connectivity index (χ4n) is 2.37. The maximum absolute atomic E-state index is 12.3. The van der Waals surface area contributed by atoms with Gasteiger partial charge >= 0.3 is 0 Å². The average molecular weight is 559 g/mol. The van der Waals surface area contributed by atoms with Crippen LogP contribution in [0.25, 0.3) is 0 Å². The third-order valence-corrected chi connectivity index (χ3v) is 6.23. The van der Waals surface area contributed by atoms with E-state index < -0.39 is 10.0 Å². The zero-order chi connectivity index (χ0) is 20.9. The Labute approximate surface area is 191 Å². The Bertz CT molecular complexity index is 1140. The Balaban J connectivity index is 1.74. The van der Waals surface area contributed by atoms with Gasteiger partial charge in [0.15, 0.2) is 0 Å². The summed E-state index contributed by atoms with van der Waals surface area (Å²) in [6, 6.07) is 19.0. The largest absolute Gasteiger partial charge is 0.488 e. The van der Waals surface area contributed by atoms with Gasteiger partial charge in [0, 0.05) is 19.5 Å². The minimum absolute atomic E-state index is 0.0689. The maximum Gasteiger partial charge on any atom is 0.276 e. The summed E-state index contributed by atoms with van der Waals surface area (Å²) in [5, 5.41) is 4.33. The molecule has 0 unspecified atom stereocenters.